The number of ether oxygens (including phenoxy) is 2. The van der Waals surface area contributed by atoms with Crippen LogP contribution in [0.3, 0.4) is 0 Å². The Balaban J connectivity index is 4.06. The molecule has 0 aliphatic rings. The van der Waals surface area contributed by atoms with E-state index < -0.39 is 45.1 Å². The molecule has 10 nitrogen and oxygen atoms in total. The van der Waals surface area contributed by atoms with E-state index in [9.17, 15) is 19.0 Å². The fourth-order valence-corrected chi connectivity index (χ4v) is 8.80. The van der Waals surface area contributed by atoms with E-state index in [1.165, 1.54) is 218 Å². The molecular formula is C51H102NO9P. The van der Waals surface area contributed by atoms with E-state index in [-0.39, 0.29) is 13.0 Å². The van der Waals surface area contributed by atoms with E-state index in [1.54, 1.807) is 0 Å². The minimum Gasteiger partial charge on any atom is -0.480 e. The maximum absolute atomic E-state index is 12.7. The van der Waals surface area contributed by atoms with Gasteiger partial charge in [-0.1, -0.05) is 258 Å². The largest absolute Gasteiger partial charge is 0.480 e. The van der Waals surface area contributed by atoms with Gasteiger partial charge < -0.3 is 25.2 Å². The van der Waals surface area contributed by atoms with Crippen molar-refractivity contribution >= 4 is 19.8 Å². The Morgan fingerprint density at radius 3 is 1.06 bits per heavy atom. The molecule has 62 heavy (non-hydrogen) atoms. The Bertz CT molecular complexity index is 1000. The van der Waals surface area contributed by atoms with Gasteiger partial charge in [-0.25, -0.2) is 4.57 Å². The molecule has 0 aliphatic carbocycles. The Morgan fingerprint density at radius 2 is 0.742 bits per heavy atom. The first kappa shape index (κ1) is 61.0. The summed E-state index contributed by atoms with van der Waals surface area (Å²) in [6.07, 6.45) is 51.6. The van der Waals surface area contributed by atoms with Crippen molar-refractivity contribution in [2.24, 2.45) is 5.73 Å². The lowest BCUT2D eigenvalue weighted by molar-refractivity contribution is -0.154. The molecule has 3 unspecified atom stereocenters. The van der Waals surface area contributed by atoms with Crippen LogP contribution in [-0.4, -0.2) is 60.5 Å². The molecule has 11 heteroatoms. The number of phosphoric ester groups is 1. The highest BCUT2D eigenvalue weighted by atomic mass is 31.2. The average molecular weight is 904 g/mol. The standard InChI is InChI=1S/C51H102NO9P/c1-3-5-7-9-11-13-15-17-19-21-23-25-27-29-31-33-35-37-39-41-43-50(53)61-48(46-59-62(56,57)60-47-49(52)51(54)55)45-58-44-42-40-38-36-34-32-30-28-26-24-22-20-18-16-14-12-10-8-6-4-2/h48-49H,3-47,52H2,1-2H3,(H,54,55)(H,56,57). The predicted octanol–water partition coefficient (Wildman–Crippen LogP) is 15.5. The maximum atomic E-state index is 12.7. The van der Waals surface area contributed by atoms with Crippen LogP contribution in [-0.2, 0) is 32.7 Å². The quantitative estimate of drug-likeness (QED) is 0.0305. The zero-order valence-electron chi connectivity index (χ0n) is 40.8. The smallest absolute Gasteiger partial charge is 0.472 e. The van der Waals surface area contributed by atoms with Crippen molar-refractivity contribution in [3.63, 3.8) is 0 Å². The summed E-state index contributed by atoms with van der Waals surface area (Å²) in [4.78, 5) is 33.7. The molecule has 0 rings (SSSR count). The third kappa shape index (κ3) is 46.9. The Hall–Kier alpha value is -1.03. The van der Waals surface area contributed by atoms with E-state index in [4.69, 9.17) is 29.4 Å². The van der Waals surface area contributed by atoms with E-state index in [0.29, 0.717) is 6.61 Å². The van der Waals surface area contributed by atoms with Crippen LogP contribution >= 0.6 is 7.82 Å². The minimum absolute atomic E-state index is 0.0265. The first-order chi connectivity index (χ1) is 30.2. The fourth-order valence-electron chi connectivity index (χ4n) is 8.02. The SMILES string of the molecule is CCCCCCCCCCCCCCCCCCCCCCOCC(COP(=O)(O)OCC(N)C(=O)O)OC(=O)CCCCCCCCCCCCCCCCCCCCCC. The molecular weight excluding hydrogens is 802 g/mol. The van der Waals surface area contributed by atoms with Crippen molar-refractivity contribution in [2.45, 2.75) is 289 Å². The fraction of sp³-hybridized carbons (Fsp3) is 0.961. The second-order valence-corrected chi connectivity index (χ2v) is 19.8. The van der Waals surface area contributed by atoms with Gasteiger partial charge in [0.15, 0.2) is 0 Å². The monoisotopic (exact) mass is 904 g/mol. The van der Waals surface area contributed by atoms with Crippen molar-refractivity contribution in [1.82, 2.24) is 0 Å². The van der Waals surface area contributed by atoms with Crippen LogP contribution in [0.1, 0.15) is 277 Å². The zero-order valence-corrected chi connectivity index (χ0v) is 41.6. The predicted molar refractivity (Wildman–Crippen MR) is 259 cm³/mol. The third-order valence-electron chi connectivity index (χ3n) is 12.1. The van der Waals surface area contributed by atoms with Crippen LogP contribution in [0, 0.1) is 0 Å². The van der Waals surface area contributed by atoms with Crippen molar-refractivity contribution in [3.8, 4) is 0 Å². The Labute approximate surface area is 382 Å². The number of nitrogens with two attached hydrogens (primary N) is 1. The van der Waals surface area contributed by atoms with Gasteiger partial charge in [0.1, 0.15) is 12.1 Å². The van der Waals surface area contributed by atoms with Crippen LogP contribution in [0.25, 0.3) is 0 Å². The molecule has 0 spiro atoms. The van der Waals surface area contributed by atoms with Gasteiger partial charge in [-0.15, -0.1) is 0 Å². The molecule has 0 aromatic carbocycles. The Kier molecular flexibility index (Phi) is 47.1. The normalized spacial score (nSPS) is 13.6. The second-order valence-electron chi connectivity index (χ2n) is 18.4. The average Bonchev–Trinajstić information content (AvgIpc) is 3.25. The molecule has 0 bridgehead atoms. The zero-order chi connectivity index (χ0) is 45.5. The first-order valence-electron chi connectivity index (χ1n) is 26.6. The highest BCUT2D eigenvalue weighted by molar-refractivity contribution is 7.47. The van der Waals surface area contributed by atoms with Crippen molar-refractivity contribution < 1.29 is 42.7 Å². The maximum Gasteiger partial charge on any atom is 0.472 e. The molecule has 0 aromatic rings. The van der Waals surface area contributed by atoms with Gasteiger partial charge in [0.05, 0.1) is 19.8 Å². The molecule has 0 aromatic heterocycles. The van der Waals surface area contributed by atoms with Gasteiger partial charge in [0, 0.05) is 13.0 Å². The van der Waals surface area contributed by atoms with Crippen LogP contribution in [0.15, 0.2) is 0 Å². The molecule has 0 radical (unpaired) electrons. The third-order valence-corrected chi connectivity index (χ3v) is 13.1. The topological polar surface area (TPSA) is 155 Å². The van der Waals surface area contributed by atoms with Gasteiger partial charge in [-0.3, -0.25) is 18.6 Å². The summed E-state index contributed by atoms with van der Waals surface area (Å²) in [5, 5.41) is 8.93. The van der Waals surface area contributed by atoms with Crippen molar-refractivity contribution in [2.75, 3.05) is 26.4 Å². The van der Waals surface area contributed by atoms with E-state index in [0.717, 1.165) is 38.5 Å². The molecule has 0 saturated heterocycles. The van der Waals surface area contributed by atoms with Crippen LogP contribution < -0.4 is 5.73 Å². The summed E-state index contributed by atoms with van der Waals surface area (Å²) >= 11 is 0. The highest BCUT2D eigenvalue weighted by Crippen LogP contribution is 2.43. The number of carbonyl (C=O) groups excluding carboxylic acids is 1. The van der Waals surface area contributed by atoms with Crippen LogP contribution in [0.2, 0.25) is 0 Å². The molecule has 0 saturated carbocycles. The highest BCUT2D eigenvalue weighted by Gasteiger charge is 2.27. The first-order valence-corrected chi connectivity index (χ1v) is 28.1. The molecule has 0 aliphatic heterocycles. The summed E-state index contributed by atoms with van der Waals surface area (Å²) in [5.74, 6) is -1.76. The van der Waals surface area contributed by atoms with Gasteiger partial charge in [-0.2, -0.15) is 0 Å². The number of carboxylic acid groups (broad SMARTS) is 1. The number of rotatable bonds is 52. The number of hydrogen-bond donors (Lipinski definition) is 3. The molecule has 3 atom stereocenters. The number of esters is 1. The molecule has 370 valence electrons. The lowest BCUT2D eigenvalue weighted by atomic mass is 10.0. The molecule has 4 N–H and O–H groups in total. The Morgan fingerprint density at radius 1 is 0.452 bits per heavy atom. The van der Waals surface area contributed by atoms with Crippen molar-refractivity contribution in [1.29, 1.82) is 0 Å². The number of carbonyl (C=O) groups is 2. The number of phosphoric acid groups is 1. The summed E-state index contributed by atoms with van der Waals surface area (Å²) in [6.45, 7) is 3.97. The summed E-state index contributed by atoms with van der Waals surface area (Å²) in [5.41, 5.74) is 5.38. The van der Waals surface area contributed by atoms with Crippen LogP contribution in [0.5, 0.6) is 0 Å². The summed E-state index contributed by atoms with van der Waals surface area (Å²) in [7, 11) is -4.61. The van der Waals surface area contributed by atoms with Gasteiger partial charge >= 0.3 is 19.8 Å². The number of aliphatic carboxylic acids is 1. The lowest BCUT2D eigenvalue weighted by Gasteiger charge is -2.20. The number of carboxylic acids is 1. The lowest BCUT2D eigenvalue weighted by Crippen LogP contribution is -2.34. The number of unbranched alkanes of at least 4 members (excludes halogenated alkanes) is 38. The van der Waals surface area contributed by atoms with Crippen molar-refractivity contribution in [3.05, 3.63) is 0 Å². The number of hydrogen-bond acceptors (Lipinski definition) is 8. The summed E-state index contributed by atoms with van der Waals surface area (Å²) in [6, 6.07) is -1.47. The molecule has 0 heterocycles. The van der Waals surface area contributed by atoms with Gasteiger partial charge in [-0.05, 0) is 12.8 Å². The molecule has 0 amide bonds. The minimum atomic E-state index is -4.61. The van der Waals surface area contributed by atoms with E-state index >= 15 is 0 Å². The van der Waals surface area contributed by atoms with Gasteiger partial charge in [0.25, 0.3) is 0 Å². The van der Waals surface area contributed by atoms with Gasteiger partial charge in [0.2, 0.25) is 0 Å². The van der Waals surface area contributed by atoms with E-state index in [2.05, 4.69) is 13.8 Å². The second kappa shape index (κ2) is 47.9. The summed E-state index contributed by atoms with van der Waals surface area (Å²) < 4.78 is 33.6. The van der Waals surface area contributed by atoms with Crippen LogP contribution in [0.4, 0.5) is 0 Å². The van der Waals surface area contributed by atoms with E-state index in [1.807, 2.05) is 0 Å². The molecule has 0 fully saturated rings.